The second-order valence-corrected chi connectivity index (χ2v) is 4.25. The molecule has 0 saturated carbocycles. The first-order valence-electron chi connectivity index (χ1n) is 5.10. The summed E-state index contributed by atoms with van der Waals surface area (Å²) >= 11 is 0. The third-order valence-electron chi connectivity index (χ3n) is 2.53. The molecule has 5 nitrogen and oxygen atoms in total. The van der Waals surface area contributed by atoms with Gasteiger partial charge in [0.05, 0.1) is 0 Å². The SMILES string of the molecule is COC(C)(C)c1noc(C(C)C(=O)C(F)(F)F)n1. The van der Waals surface area contributed by atoms with E-state index in [9.17, 15) is 18.0 Å². The van der Waals surface area contributed by atoms with Gasteiger partial charge in [-0.15, -0.1) is 0 Å². The molecule has 0 aromatic carbocycles. The van der Waals surface area contributed by atoms with Gasteiger partial charge in [-0.3, -0.25) is 4.79 Å². The van der Waals surface area contributed by atoms with Crippen molar-refractivity contribution < 1.29 is 27.2 Å². The van der Waals surface area contributed by atoms with Crippen LogP contribution in [-0.4, -0.2) is 29.2 Å². The van der Waals surface area contributed by atoms with Crippen molar-refractivity contribution in [1.29, 1.82) is 0 Å². The van der Waals surface area contributed by atoms with E-state index in [-0.39, 0.29) is 11.7 Å². The maximum absolute atomic E-state index is 12.2. The van der Waals surface area contributed by atoms with Crippen molar-refractivity contribution in [3.63, 3.8) is 0 Å². The number of hydrogen-bond acceptors (Lipinski definition) is 5. The molecule has 0 aliphatic heterocycles. The van der Waals surface area contributed by atoms with Gasteiger partial charge >= 0.3 is 6.18 Å². The number of halogens is 3. The number of carbonyl (C=O) groups excluding carboxylic acids is 1. The van der Waals surface area contributed by atoms with E-state index in [0.29, 0.717) is 0 Å². The summed E-state index contributed by atoms with van der Waals surface area (Å²) in [5.74, 6) is -3.74. The first-order valence-corrected chi connectivity index (χ1v) is 5.10. The Morgan fingerprint density at radius 3 is 2.39 bits per heavy atom. The van der Waals surface area contributed by atoms with Crippen LogP contribution in [0, 0.1) is 0 Å². The number of alkyl halides is 3. The zero-order chi connectivity index (χ0) is 14.1. The first kappa shape index (κ1) is 14.6. The van der Waals surface area contributed by atoms with Crippen molar-refractivity contribution in [2.75, 3.05) is 7.11 Å². The molecule has 0 bridgehead atoms. The van der Waals surface area contributed by atoms with Gasteiger partial charge in [-0.2, -0.15) is 18.2 Å². The molecular formula is C10H13F3N2O3. The summed E-state index contributed by atoms with van der Waals surface area (Å²) in [6, 6.07) is 0. The van der Waals surface area contributed by atoms with E-state index in [2.05, 4.69) is 14.7 Å². The van der Waals surface area contributed by atoms with E-state index in [1.165, 1.54) is 7.11 Å². The van der Waals surface area contributed by atoms with E-state index >= 15 is 0 Å². The number of ether oxygens (including phenoxy) is 1. The van der Waals surface area contributed by atoms with Gasteiger partial charge in [0.15, 0.2) is 0 Å². The fraction of sp³-hybridized carbons (Fsp3) is 0.700. The van der Waals surface area contributed by atoms with E-state index in [0.717, 1.165) is 6.92 Å². The average molecular weight is 266 g/mol. The quantitative estimate of drug-likeness (QED) is 0.835. The standard InChI is InChI=1S/C10H13F3N2O3/c1-5(6(16)10(11,12)13)7-14-8(15-18-7)9(2,3)17-4/h5H,1-4H3. The number of Topliss-reactive ketones (excluding diaryl/α,β-unsaturated/α-hetero) is 1. The molecule has 0 saturated heterocycles. The lowest BCUT2D eigenvalue weighted by molar-refractivity contribution is -0.172. The first-order chi connectivity index (χ1) is 8.09. The topological polar surface area (TPSA) is 65.2 Å². The van der Waals surface area contributed by atoms with Gasteiger partial charge in [0.25, 0.3) is 0 Å². The van der Waals surface area contributed by atoms with Gasteiger partial charge in [-0.05, 0) is 20.8 Å². The molecule has 8 heteroatoms. The van der Waals surface area contributed by atoms with E-state index in [1.54, 1.807) is 13.8 Å². The third kappa shape index (κ3) is 2.87. The van der Waals surface area contributed by atoms with Crippen molar-refractivity contribution in [2.45, 2.75) is 38.5 Å². The second-order valence-electron chi connectivity index (χ2n) is 4.25. The average Bonchev–Trinajstić information content (AvgIpc) is 2.75. The number of nitrogens with zero attached hydrogens (tertiary/aromatic N) is 2. The Morgan fingerprint density at radius 2 is 1.94 bits per heavy atom. The fourth-order valence-corrected chi connectivity index (χ4v) is 1.10. The number of hydrogen-bond donors (Lipinski definition) is 0. The van der Waals surface area contributed by atoms with Crippen molar-refractivity contribution in [3.8, 4) is 0 Å². The predicted octanol–water partition coefficient (Wildman–Crippen LogP) is 2.19. The van der Waals surface area contributed by atoms with Crippen LogP contribution in [0.3, 0.4) is 0 Å². The van der Waals surface area contributed by atoms with Gasteiger partial charge in [-0.25, -0.2) is 0 Å². The highest BCUT2D eigenvalue weighted by atomic mass is 19.4. The van der Waals surface area contributed by atoms with Gasteiger partial charge in [0.2, 0.25) is 17.5 Å². The third-order valence-corrected chi connectivity index (χ3v) is 2.53. The molecule has 1 aromatic rings. The van der Waals surface area contributed by atoms with Crippen LogP contribution in [0.4, 0.5) is 13.2 Å². The molecule has 1 heterocycles. The van der Waals surface area contributed by atoms with Crippen LogP contribution in [-0.2, 0) is 15.1 Å². The molecule has 102 valence electrons. The largest absolute Gasteiger partial charge is 0.450 e. The molecule has 1 rings (SSSR count). The lowest BCUT2D eigenvalue weighted by atomic mass is 10.1. The summed E-state index contributed by atoms with van der Waals surface area (Å²) in [7, 11) is 1.40. The Balaban J connectivity index is 2.97. The summed E-state index contributed by atoms with van der Waals surface area (Å²) < 4.78 is 46.4. The number of carbonyl (C=O) groups is 1. The summed E-state index contributed by atoms with van der Waals surface area (Å²) in [4.78, 5) is 14.8. The Kier molecular flexibility index (Phi) is 3.80. The number of aromatic nitrogens is 2. The molecule has 0 N–H and O–H groups in total. The van der Waals surface area contributed by atoms with Crippen LogP contribution in [0.25, 0.3) is 0 Å². The molecule has 1 unspecified atom stereocenters. The smallest absolute Gasteiger partial charge is 0.371 e. The van der Waals surface area contributed by atoms with Crippen LogP contribution in [0.2, 0.25) is 0 Å². The molecular weight excluding hydrogens is 253 g/mol. The maximum atomic E-state index is 12.2. The summed E-state index contributed by atoms with van der Waals surface area (Å²) in [5.41, 5.74) is -0.900. The maximum Gasteiger partial charge on any atom is 0.450 e. The Morgan fingerprint density at radius 1 is 1.39 bits per heavy atom. The molecule has 0 amide bonds. The zero-order valence-electron chi connectivity index (χ0n) is 10.3. The van der Waals surface area contributed by atoms with Crippen molar-refractivity contribution in [2.24, 2.45) is 0 Å². The van der Waals surface area contributed by atoms with Crippen LogP contribution in [0.5, 0.6) is 0 Å². The summed E-state index contributed by atoms with van der Waals surface area (Å²) in [5, 5.41) is 3.51. The van der Waals surface area contributed by atoms with E-state index in [4.69, 9.17) is 4.74 Å². The normalized spacial score (nSPS) is 14.6. The minimum Gasteiger partial charge on any atom is -0.371 e. The highest BCUT2D eigenvalue weighted by molar-refractivity contribution is 5.89. The number of rotatable bonds is 4. The lowest BCUT2D eigenvalue weighted by Gasteiger charge is -2.17. The predicted molar refractivity (Wildman–Crippen MR) is 53.8 cm³/mol. The zero-order valence-corrected chi connectivity index (χ0v) is 10.3. The fourth-order valence-electron chi connectivity index (χ4n) is 1.10. The van der Waals surface area contributed by atoms with Gasteiger partial charge in [-0.1, -0.05) is 5.16 Å². The van der Waals surface area contributed by atoms with Crippen molar-refractivity contribution in [3.05, 3.63) is 11.7 Å². The second kappa shape index (κ2) is 4.68. The van der Waals surface area contributed by atoms with E-state index in [1.807, 2.05) is 0 Å². The van der Waals surface area contributed by atoms with Crippen LogP contribution < -0.4 is 0 Å². The van der Waals surface area contributed by atoms with Crippen LogP contribution in [0.15, 0.2) is 4.52 Å². The minimum atomic E-state index is -4.93. The Hall–Kier alpha value is -1.44. The molecule has 0 aliphatic carbocycles. The minimum absolute atomic E-state index is 0.0850. The lowest BCUT2D eigenvalue weighted by Crippen LogP contribution is -2.28. The molecule has 18 heavy (non-hydrogen) atoms. The molecule has 0 radical (unpaired) electrons. The van der Waals surface area contributed by atoms with Crippen molar-refractivity contribution in [1.82, 2.24) is 10.1 Å². The van der Waals surface area contributed by atoms with Gasteiger partial charge in [0.1, 0.15) is 11.5 Å². The monoisotopic (exact) mass is 266 g/mol. The highest BCUT2D eigenvalue weighted by Gasteiger charge is 2.44. The molecule has 0 fully saturated rings. The summed E-state index contributed by atoms with van der Waals surface area (Å²) in [6.45, 7) is 4.31. The molecule has 1 aromatic heterocycles. The highest BCUT2D eigenvalue weighted by Crippen LogP contribution is 2.28. The van der Waals surface area contributed by atoms with Gasteiger partial charge < -0.3 is 9.26 Å². The van der Waals surface area contributed by atoms with Crippen LogP contribution >= 0.6 is 0 Å². The molecule has 0 spiro atoms. The Labute approximate surface area is 101 Å². The van der Waals surface area contributed by atoms with Crippen molar-refractivity contribution >= 4 is 5.78 Å². The van der Waals surface area contributed by atoms with E-state index < -0.39 is 23.5 Å². The molecule has 1 atom stereocenters. The number of ketones is 1. The van der Waals surface area contributed by atoms with Gasteiger partial charge in [0, 0.05) is 7.11 Å². The van der Waals surface area contributed by atoms with Crippen LogP contribution in [0.1, 0.15) is 38.4 Å². The molecule has 0 aliphatic rings. The Bertz CT molecular complexity index is 440. The summed E-state index contributed by atoms with van der Waals surface area (Å²) in [6.07, 6.45) is -4.93. The number of methoxy groups -OCH3 is 1.